The minimum Gasteiger partial charge on any atom is -0.465 e. The number of carbonyl (C=O) groups excluding carboxylic acids is 1. The van der Waals surface area contributed by atoms with Crippen LogP contribution in [0.4, 0.5) is 21.0 Å². The highest BCUT2D eigenvalue weighted by Crippen LogP contribution is 2.35. The predicted molar refractivity (Wildman–Crippen MR) is 116 cm³/mol. The zero-order valence-electron chi connectivity index (χ0n) is 17.7. The van der Waals surface area contributed by atoms with Crippen LogP contribution in [0.5, 0.6) is 0 Å². The molecule has 2 amide bonds. The number of rotatable bonds is 5. The Labute approximate surface area is 176 Å². The molecular formula is C22H29N3O5. The molecule has 0 bridgehead atoms. The van der Waals surface area contributed by atoms with Crippen LogP contribution in [0.1, 0.15) is 20.8 Å². The van der Waals surface area contributed by atoms with E-state index in [0.29, 0.717) is 31.1 Å². The van der Waals surface area contributed by atoms with Gasteiger partial charge in [0.2, 0.25) is 0 Å². The zero-order valence-corrected chi connectivity index (χ0v) is 17.7. The third kappa shape index (κ3) is 5.61. The highest BCUT2D eigenvalue weighted by molar-refractivity contribution is 6.08. The number of hydrogen-bond donors (Lipinski definition) is 2. The molecule has 8 nitrogen and oxygen atoms in total. The number of anilines is 2. The number of amides is 2. The summed E-state index contributed by atoms with van der Waals surface area (Å²) in [6.07, 6.45) is -1.70. The van der Waals surface area contributed by atoms with E-state index in [2.05, 4.69) is 10.2 Å². The Morgan fingerprint density at radius 2 is 1.87 bits per heavy atom. The van der Waals surface area contributed by atoms with Crippen LogP contribution in [0.2, 0.25) is 0 Å². The van der Waals surface area contributed by atoms with Gasteiger partial charge < -0.3 is 14.6 Å². The summed E-state index contributed by atoms with van der Waals surface area (Å²) in [6, 6.07) is 11.1. The lowest BCUT2D eigenvalue weighted by molar-refractivity contribution is 0.0392. The SMILES string of the molecule is CC(C)(C)OC(=O)Nc1ccc2ccccc2c1N(CCN1CCOCC1)C(=O)O. The first-order chi connectivity index (χ1) is 14.2. The van der Waals surface area contributed by atoms with Crippen molar-refractivity contribution in [2.24, 2.45) is 0 Å². The molecule has 162 valence electrons. The van der Waals surface area contributed by atoms with Crippen LogP contribution in [0.15, 0.2) is 36.4 Å². The molecule has 1 aliphatic rings. The van der Waals surface area contributed by atoms with Crippen molar-refractivity contribution in [1.29, 1.82) is 0 Å². The van der Waals surface area contributed by atoms with Gasteiger partial charge in [0.25, 0.3) is 0 Å². The van der Waals surface area contributed by atoms with Gasteiger partial charge in [-0.25, -0.2) is 9.59 Å². The molecule has 0 unspecified atom stereocenters. The molecule has 8 heteroatoms. The standard InChI is InChI=1S/C22H29N3O5/c1-22(2,3)30-20(26)23-18-9-8-16-6-4-5-7-17(16)19(18)25(21(27)28)11-10-24-12-14-29-15-13-24/h4-9H,10-15H2,1-3H3,(H,23,26)(H,27,28). The molecule has 0 aliphatic carbocycles. The average molecular weight is 415 g/mol. The molecule has 2 aromatic rings. The Balaban J connectivity index is 1.94. The van der Waals surface area contributed by atoms with Gasteiger partial charge in [-0.2, -0.15) is 0 Å². The van der Waals surface area contributed by atoms with E-state index in [9.17, 15) is 14.7 Å². The second kappa shape index (κ2) is 9.32. The highest BCUT2D eigenvalue weighted by atomic mass is 16.6. The van der Waals surface area contributed by atoms with Gasteiger partial charge in [0.05, 0.1) is 24.6 Å². The molecule has 1 heterocycles. The molecule has 0 radical (unpaired) electrons. The summed E-state index contributed by atoms with van der Waals surface area (Å²) in [5.41, 5.74) is 0.177. The van der Waals surface area contributed by atoms with Crippen molar-refractivity contribution >= 4 is 34.3 Å². The number of nitrogens with one attached hydrogen (secondary N) is 1. The van der Waals surface area contributed by atoms with E-state index < -0.39 is 17.8 Å². The molecule has 3 rings (SSSR count). The van der Waals surface area contributed by atoms with E-state index in [1.165, 1.54) is 4.90 Å². The first kappa shape index (κ1) is 21.9. The van der Waals surface area contributed by atoms with Gasteiger partial charge in [0.1, 0.15) is 5.60 Å². The quantitative estimate of drug-likeness (QED) is 0.767. The van der Waals surface area contributed by atoms with Crippen molar-refractivity contribution in [3.63, 3.8) is 0 Å². The lowest BCUT2D eigenvalue weighted by Gasteiger charge is -2.30. The summed E-state index contributed by atoms with van der Waals surface area (Å²) in [5, 5.41) is 14.4. The number of fused-ring (bicyclic) bond motifs is 1. The number of carboxylic acid groups (broad SMARTS) is 1. The second-order valence-corrected chi connectivity index (χ2v) is 8.20. The molecule has 30 heavy (non-hydrogen) atoms. The molecule has 1 fully saturated rings. The molecule has 0 spiro atoms. The maximum absolute atomic E-state index is 12.4. The number of hydrogen-bond acceptors (Lipinski definition) is 5. The van der Waals surface area contributed by atoms with Gasteiger partial charge in [-0.15, -0.1) is 0 Å². The number of carbonyl (C=O) groups is 2. The van der Waals surface area contributed by atoms with Gasteiger partial charge in [0.15, 0.2) is 0 Å². The molecular weight excluding hydrogens is 386 g/mol. The van der Waals surface area contributed by atoms with Gasteiger partial charge >= 0.3 is 12.2 Å². The summed E-state index contributed by atoms with van der Waals surface area (Å²) >= 11 is 0. The van der Waals surface area contributed by atoms with Gasteiger partial charge in [-0.3, -0.25) is 15.1 Å². The van der Waals surface area contributed by atoms with Crippen molar-refractivity contribution in [2.45, 2.75) is 26.4 Å². The van der Waals surface area contributed by atoms with E-state index >= 15 is 0 Å². The fourth-order valence-electron chi connectivity index (χ4n) is 3.43. The molecule has 2 N–H and O–H groups in total. The minimum atomic E-state index is -1.08. The summed E-state index contributed by atoms with van der Waals surface area (Å²) in [7, 11) is 0. The third-order valence-corrected chi connectivity index (χ3v) is 4.78. The Hall–Kier alpha value is -2.84. The van der Waals surface area contributed by atoms with Crippen molar-refractivity contribution < 1.29 is 24.2 Å². The van der Waals surface area contributed by atoms with E-state index in [1.54, 1.807) is 26.8 Å². The van der Waals surface area contributed by atoms with Crippen molar-refractivity contribution in [3.05, 3.63) is 36.4 Å². The molecule has 2 aromatic carbocycles. The molecule has 0 saturated carbocycles. The third-order valence-electron chi connectivity index (χ3n) is 4.78. The fraction of sp³-hybridized carbons (Fsp3) is 0.455. The van der Waals surface area contributed by atoms with Crippen molar-refractivity contribution in [1.82, 2.24) is 4.90 Å². The number of benzene rings is 2. The fourth-order valence-corrected chi connectivity index (χ4v) is 3.43. The topological polar surface area (TPSA) is 91.3 Å². The van der Waals surface area contributed by atoms with Crippen LogP contribution in [-0.4, -0.2) is 67.2 Å². The lowest BCUT2D eigenvalue weighted by Crippen LogP contribution is -2.43. The zero-order chi connectivity index (χ0) is 21.7. The van der Waals surface area contributed by atoms with E-state index in [-0.39, 0.29) is 6.54 Å². The van der Waals surface area contributed by atoms with Crippen LogP contribution in [0.3, 0.4) is 0 Å². The molecule has 1 aliphatic heterocycles. The Kier molecular flexibility index (Phi) is 6.79. The van der Waals surface area contributed by atoms with Crippen LogP contribution >= 0.6 is 0 Å². The number of nitrogens with zero attached hydrogens (tertiary/aromatic N) is 2. The van der Waals surface area contributed by atoms with Gasteiger partial charge in [-0.1, -0.05) is 30.3 Å². The summed E-state index contributed by atoms with van der Waals surface area (Å²) in [4.78, 5) is 28.1. The van der Waals surface area contributed by atoms with Crippen LogP contribution in [-0.2, 0) is 9.47 Å². The largest absolute Gasteiger partial charge is 0.465 e. The lowest BCUT2D eigenvalue weighted by atomic mass is 10.1. The number of morpholine rings is 1. The van der Waals surface area contributed by atoms with Gasteiger partial charge in [-0.05, 0) is 32.2 Å². The Morgan fingerprint density at radius 1 is 1.17 bits per heavy atom. The second-order valence-electron chi connectivity index (χ2n) is 8.20. The highest BCUT2D eigenvalue weighted by Gasteiger charge is 2.24. The minimum absolute atomic E-state index is 0.270. The van der Waals surface area contributed by atoms with Gasteiger partial charge in [0, 0.05) is 31.6 Å². The first-order valence-electron chi connectivity index (χ1n) is 10.1. The predicted octanol–water partition coefficient (Wildman–Crippen LogP) is 4.00. The van der Waals surface area contributed by atoms with E-state index in [4.69, 9.17) is 9.47 Å². The average Bonchev–Trinajstić information content (AvgIpc) is 2.68. The van der Waals surface area contributed by atoms with Crippen LogP contribution in [0.25, 0.3) is 10.8 Å². The molecule has 0 aromatic heterocycles. The van der Waals surface area contributed by atoms with Crippen molar-refractivity contribution in [3.8, 4) is 0 Å². The normalized spacial score (nSPS) is 15.0. The first-order valence-corrected chi connectivity index (χ1v) is 10.1. The summed E-state index contributed by atoms with van der Waals surface area (Å²) in [5.74, 6) is 0. The maximum Gasteiger partial charge on any atom is 0.412 e. The Morgan fingerprint density at radius 3 is 2.53 bits per heavy atom. The van der Waals surface area contributed by atoms with Crippen LogP contribution in [0, 0.1) is 0 Å². The van der Waals surface area contributed by atoms with E-state index in [1.807, 2.05) is 30.3 Å². The molecule has 1 saturated heterocycles. The Bertz CT molecular complexity index is 903. The summed E-state index contributed by atoms with van der Waals surface area (Å²) < 4.78 is 10.7. The number of ether oxygens (including phenoxy) is 2. The van der Waals surface area contributed by atoms with Crippen molar-refractivity contribution in [2.75, 3.05) is 49.6 Å². The maximum atomic E-state index is 12.4. The van der Waals surface area contributed by atoms with E-state index in [0.717, 1.165) is 23.9 Å². The summed E-state index contributed by atoms with van der Waals surface area (Å²) in [6.45, 7) is 9.01. The molecule has 0 atom stereocenters. The smallest absolute Gasteiger partial charge is 0.412 e. The monoisotopic (exact) mass is 415 g/mol. The van der Waals surface area contributed by atoms with Crippen LogP contribution < -0.4 is 10.2 Å².